The van der Waals surface area contributed by atoms with Crippen LogP contribution >= 0.6 is 0 Å². The maximum Gasteiger partial charge on any atom is 0.412 e. The number of pyridine rings is 1. The number of nitrogen functional groups attached to an aromatic ring is 1. The summed E-state index contributed by atoms with van der Waals surface area (Å²) < 4.78 is 38.9. The fraction of sp³-hybridized carbons (Fsp3) is 0.462. The van der Waals surface area contributed by atoms with E-state index in [1.165, 1.54) is 22.8 Å². The van der Waals surface area contributed by atoms with E-state index < -0.39 is 11.7 Å². The van der Waals surface area contributed by atoms with E-state index in [0.29, 0.717) is 25.3 Å². The average molecular weight is 287 g/mol. The third-order valence-electron chi connectivity index (χ3n) is 3.32. The molecule has 0 radical (unpaired) electrons. The molecule has 0 saturated carbocycles. The van der Waals surface area contributed by atoms with Crippen LogP contribution in [0.4, 0.5) is 18.9 Å². The molecule has 0 aliphatic carbocycles. The number of aromatic nitrogens is 1. The van der Waals surface area contributed by atoms with Gasteiger partial charge in [-0.25, -0.2) is 0 Å². The van der Waals surface area contributed by atoms with Gasteiger partial charge in [-0.15, -0.1) is 0 Å². The Labute approximate surface area is 114 Å². The van der Waals surface area contributed by atoms with Crippen molar-refractivity contribution in [2.24, 2.45) is 0 Å². The Bertz CT molecular complexity index is 563. The van der Waals surface area contributed by atoms with Gasteiger partial charge in [-0.1, -0.05) is 6.08 Å². The molecule has 0 amide bonds. The lowest BCUT2D eigenvalue weighted by molar-refractivity contribution is -0.0960. The molecule has 7 heteroatoms. The van der Waals surface area contributed by atoms with Gasteiger partial charge >= 0.3 is 6.18 Å². The molecule has 20 heavy (non-hydrogen) atoms. The summed E-state index contributed by atoms with van der Waals surface area (Å²) in [7, 11) is 0. The van der Waals surface area contributed by atoms with E-state index in [1.807, 2.05) is 4.90 Å². The molecule has 0 bridgehead atoms. The van der Waals surface area contributed by atoms with Crippen molar-refractivity contribution in [2.45, 2.75) is 19.1 Å². The highest BCUT2D eigenvalue weighted by atomic mass is 19.4. The van der Waals surface area contributed by atoms with Gasteiger partial charge in [0.2, 0.25) is 0 Å². The molecule has 0 spiro atoms. The Balaban J connectivity index is 1.92. The van der Waals surface area contributed by atoms with Crippen molar-refractivity contribution in [1.29, 1.82) is 0 Å². The number of nitrogens with zero attached hydrogens (tertiary/aromatic N) is 2. The van der Waals surface area contributed by atoms with Crippen LogP contribution < -0.4 is 11.3 Å². The minimum absolute atomic E-state index is 0.00464. The molecular weight excluding hydrogens is 271 g/mol. The number of anilines is 1. The topological polar surface area (TPSA) is 51.3 Å². The highest BCUT2D eigenvalue weighted by Crippen LogP contribution is 2.29. The van der Waals surface area contributed by atoms with Crippen LogP contribution in [0.3, 0.4) is 0 Å². The van der Waals surface area contributed by atoms with Crippen LogP contribution in [0, 0.1) is 0 Å². The zero-order chi connectivity index (χ0) is 14.8. The first kappa shape index (κ1) is 14.6. The minimum Gasteiger partial charge on any atom is -0.398 e. The second-order valence-corrected chi connectivity index (χ2v) is 4.77. The molecule has 2 heterocycles. The van der Waals surface area contributed by atoms with Gasteiger partial charge < -0.3 is 10.3 Å². The van der Waals surface area contributed by atoms with E-state index in [0.717, 1.165) is 0 Å². The first-order valence-electron chi connectivity index (χ1n) is 6.31. The summed E-state index contributed by atoms with van der Waals surface area (Å²) in [5.41, 5.74) is 5.46. The van der Waals surface area contributed by atoms with E-state index in [1.54, 1.807) is 6.20 Å². The first-order chi connectivity index (χ1) is 9.36. The van der Waals surface area contributed by atoms with E-state index in [4.69, 9.17) is 5.73 Å². The molecule has 1 aliphatic rings. The summed E-state index contributed by atoms with van der Waals surface area (Å²) in [5, 5.41) is 0. The summed E-state index contributed by atoms with van der Waals surface area (Å²) in [6.07, 6.45) is -1.47. The lowest BCUT2D eigenvalue weighted by Crippen LogP contribution is -2.35. The van der Waals surface area contributed by atoms with Gasteiger partial charge in [0.05, 0.1) is 0 Å². The molecule has 110 valence electrons. The quantitative estimate of drug-likeness (QED) is 0.860. The molecule has 2 rings (SSSR count). The Morgan fingerprint density at radius 1 is 1.25 bits per heavy atom. The number of hydrogen-bond acceptors (Lipinski definition) is 3. The smallest absolute Gasteiger partial charge is 0.398 e. The third-order valence-corrected chi connectivity index (χ3v) is 3.32. The van der Waals surface area contributed by atoms with Crippen molar-refractivity contribution in [3.8, 4) is 0 Å². The van der Waals surface area contributed by atoms with Gasteiger partial charge in [0, 0.05) is 49.7 Å². The summed E-state index contributed by atoms with van der Waals surface area (Å²) in [6.45, 7) is 1.54. The molecule has 2 N–H and O–H groups in total. The summed E-state index contributed by atoms with van der Waals surface area (Å²) >= 11 is 0. The zero-order valence-corrected chi connectivity index (χ0v) is 10.9. The maximum atomic E-state index is 12.5. The monoisotopic (exact) mass is 287 g/mol. The van der Waals surface area contributed by atoms with E-state index in [9.17, 15) is 18.0 Å². The highest BCUT2D eigenvalue weighted by molar-refractivity contribution is 5.33. The second kappa shape index (κ2) is 5.70. The largest absolute Gasteiger partial charge is 0.412 e. The fourth-order valence-electron chi connectivity index (χ4n) is 2.15. The molecule has 1 aliphatic heterocycles. The lowest BCUT2D eigenvalue weighted by atomic mass is 10.1. The number of rotatable bonds is 3. The molecule has 0 unspecified atom stereocenters. The van der Waals surface area contributed by atoms with Crippen LogP contribution in [0.25, 0.3) is 0 Å². The second-order valence-electron chi connectivity index (χ2n) is 4.77. The van der Waals surface area contributed by atoms with Crippen LogP contribution in [-0.2, 0) is 6.54 Å². The van der Waals surface area contributed by atoms with Crippen molar-refractivity contribution in [3.05, 3.63) is 40.3 Å². The van der Waals surface area contributed by atoms with Crippen molar-refractivity contribution < 1.29 is 13.2 Å². The molecular formula is C13H16F3N3O. The summed E-state index contributed by atoms with van der Waals surface area (Å²) in [5.74, 6) is 0. The van der Waals surface area contributed by atoms with E-state index in [2.05, 4.69) is 0 Å². The fourth-order valence-corrected chi connectivity index (χ4v) is 2.15. The van der Waals surface area contributed by atoms with Gasteiger partial charge in [0.15, 0.2) is 0 Å². The maximum absolute atomic E-state index is 12.5. The summed E-state index contributed by atoms with van der Waals surface area (Å²) in [4.78, 5) is 13.4. The summed E-state index contributed by atoms with van der Waals surface area (Å²) in [6, 6.07) is 2.91. The number of alkyl halides is 3. The number of halogens is 3. The van der Waals surface area contributed by atoms with Gasteiger partial charge in [0.25, 0.3) is 5.56 Å². The first-order valence-corrected chi connectivity index (χ1v) is 6.31. The minimum atomic E-state index is -4.23. The molecule has 4 nitrogen and oxygen atoms in total. The van der Waals surface area contributed by atoms with Crippen molar-refractivity contribution in [3.63, 3.8) is 0 Å². The Kier molecular flexibility index (Phi) is 4.17. The van der Waals surface area contributed by atoms with Crippen LogP contribution in [0.2, 0.25) is 0 Å². The van der Waals surface area contributed by atoms with Crippen LogP contribution in [0.5, 0.6) is 0 Å². The van der Waals surface area contributed by atoms with Crippen molar-refractivity contribution in [2.75, 3.05) is 25.4 Å². The van der Waals surface area contributed by atoms with E-state index in [-0.39, 0.29) is 18.5 Å². The Hall–Kier alpha value is -1.76. The van der Waals surface area contributed by atoms with Crippen molar-refractivity contribution in [1.82, 2.24) is 9.47 Å². The predicted molar refractivity (Wildman–Crippen MR) is 70.3 cm³/mol. The standard InChI is InChI=1S/C13H16F3N3O/c14-13(15,16)10-3-5-18(6-4-10)7-8-19-9-11(17)1-2-12(19)20/h1-3,9H,4-8,17H2. The van der Waals surface area contributed by atoms with Crippen LogP contribution in [0.1, 0.15) is 6.42 Å². The SMILES string of the molecule is Nc1ccc(=O)n(CCN2CC=C(C(F)(F)F)CC2)c1. The average Bonchev–Trinajstić information content (AvgIpc) is 2.39. The number of nitrogens with two attached hydrogens (primary N) is 1. The molecule has 0 saturated heterocycles. The van der Waals surface area contributed by atoms with Gasteiger partial charge in [-0.05, 0) is 12.5 Å². The Morgan fingerprint density at radius 3 is 2.60 bits per heavy atom. The van der Waals surface area contributed by atoms with Crippen LogP contribution in [0.15, 0.2) is 34.8 Å². The molecule has 0 aromatic carbocycles. The normalized spacial score (nSPS) is 17.1. The van der Waals surface area contributed by atoms with Gasteiger partial charge in [-0.3, -0.25) is 9.69 Å². The number of hydrogen-bond donors (Lipinski definition) is 1. The Morgan fingerprint density at radius 2 is 2.00 bits per heavy atom. The van der Waals surface area contributed by atoms with Gasteiger partial charge in [0.1, 0.15) is 0 Å². The molecule has 0 atom stereocenters. The lowest BCUT2D eigenvalue weighted by Gasteiger charge is -2.27. The van der Waals surface area contributed by atoms with E-state index >= 15 is 0 Å². The molecule has 1 aromatic heterocycles. The molecule has 0 fully saturated rings. The zero-order valence-electron chi connectivity index (χ0n) is 10.9. The highest BCUT2D eigenvalue weighted by Gasteiger charge is 2.34. The predicted octanol–water partition coefficient (Wildman–Crippen LogP) is 1.62. The van der Waals surface area contributed by atoms with Crippen LogP contribution in [-0.4, -0.2) is 35.3 Å². The van der Waals surface area contributed by atoms with Crippen molar-refractivity contribution >= 4 is 5.69 Å². The third kappa shape index (κ3) is 3.63. The van der Waals surface area contributed by atoms with Gasteiger partial charge in [-0.2, -0.15) is 13.2 Å². The molecule has 1 aromatic rings.